The van der Waals surface area contributed by atoms with Crippen molar-refractivity contribution in [3.63, 3.8) is 0 Å². The Morgan fingerprint density at radius 2 is 1.59 bits per heavy atom. The second-order valence-corrected chi connectivity index (χ2v) is 9.06. The van der Waals surface area contributed by atoms with E-state index < -0.39 is 17.7 Å². The largest absolute Gasteiger partial charge is 0.508 e. The number of ether oxygens (including phenoxy) is 1. The van der Waals surface area contributed by atoms with Crippen molar-refractivity contribution in [3.8, 4) is 11.5 Å². The van der Waals surface area contributed by atoms with E-state index in [1.54, 1.807) is 12.1 Å². The fraction of sp³-hybridized carbons (Fsp3) is 0.385. The predicted molar refractivity (Wildman–Crippen MR) is 122 cm³/mol. The van der Waals surface area contributed by atoms with Crippen LogP contribution in [0.1, 0.15) is 51.3 Å². The van der Waals surface area contributed by atoms with Crippen LogP contribution >= 0.6 is 0 Å². The summed E-state index contributed by atoms with van der Waals surface area (Å²) < 4.78 is 5.72. The number of phenols is 1. The number of aliphatic hydroxyl groups excluding tert-OH is 1. The summed E-state index contributed by atoms with van der Waals surface area (Å²) in [5.41, 5.74) is 1.62. The number of phenolic OH excluding ortho intramolecular Hbond substituents is 1. The number of hydrogen-bond donors (Lipinski definition) is 2. The third kappa shape index (κ3) is 5.31. The molecular formula is C26H31NO5. The van der Waals surface area contributed by atoms with E-state index in [4.69, 9.17) is 4.74 Å². The standard InChI is InChI=1S/C26H31NO5/c1-16(2)13-22(29)23-24(19-7-9-20(28)10-8-19)27(26(31)25(23)30)14-18-5-11-21(12-6-18)32-15-17(3)4/h5-12,16-17,24,28,30H,13-15H2,1-4H3. The minimum atomic E-state index is -0.716. The molecule has 0 saturated heterocycles. The minimum absolute atomic E-state index is 0.0878. The molecular weight excluding hydrogens is 406 g/mol. The normalized spacial score (nSPS) is 16.4. The van der Waals surface area contributed by atoms with Crippen LogP contribution in [0.5, 0.6) is 11.5 Å². The topological polar surface area (TPSA) is 87.1 Å². The molecule has 0 fully saturated rings. The quantitative estimate of drug-likeness (QED) is 0.580. The van der Waals surface area contributed by atoms with Gasteiger partial charge in [0.05, 0.1) is 18.2 Å². The first-order valence-corrected chi connectivity index (χ1v) is 10.9. The van der Waals surface area contributed by atoms with E-state index in [0.29, 0.717) is 18.1 Å². The smallest absolute Gasteiger partial charge is 0.290 e. The van der Waals surface area contributed by atoms with Crippen LogP contribution < -0.4 is 4.74 Å². The highest BCUT2D eigenvalue weighted by atomic mass is 16.5. The van der Waals surface area contributed by atoms with Crippen LogP contribution in [0.3, 0.4) is 0 Å². The highest BCUT2D eigenvalue weighted by molar-refractivity contribution is 6.09. The Hall–Kier alpha value is -3.28. The molecule has 2 aromatic carbocycles. The number of ketones is 1. The van der Waals surface area contributed by atoms with Gasteiger partial charge in [-0.05, 0) is 47.2 Å². The van der Waals surface area contributed by atoms with Crippen LogP contribution in [0.25, 0.3) is 0 Å². The summed E-state index contributed by atoms with van der Waals surface area (Å²) in [6.07, 6.45) is 0.233. The first kappa shape index (κ1) is 23.4. The highest BCUT2D eigenvalue weighted by Gasteiger charge is 2.43. The van der Waals surface area contributed by atoms with Crippen molar-refractivity contribution in [2.24, 2.45) is 11.8 Å². The molecule has 170 valence electrons. The Labute approximate surface area is 189 Å². The van der Waals surface area contributed by atoms with Crippen molar-refractivity contribution in [2.75, 3.05) is 6.61 Å². The predicted octanol–water partition coefficient (Wildman–Crippen LogP) is 4.94. The van der Waals surface area contributed by atoms with E-state index in [2.05, 4.69) is 13.8 Å². The number of amides is 1. The van der Waals surface area contributed by atoms with Crippen molar-refractivity contribution >= 4 is 11.7 Å². The van der Waals surface area contributed by atoms with E-state index >= 15 is 0 Å². The number of nitrogens with zero attached hydrogens (tertiary/aromatic N) is 1. The van der Waals surface area contributed by atoms with E-state index in [9.17, 15) is 19.8 Å². The molecule has 2 aromatic rings. The zero-order valence-electron chi connectivity index (χ0n) is 19.0. The third-order valence-corrected chi connectivity index (χ3v) is 5.27. The molecule has 0 aliphatic carbocycles. The van der Waals surface area contributed by atoms with Gasteiger partial charge >= 0.3 is 0 Å². The van der Waals surface area contributed by atoms with Crippen LogP contribution in [0, 0.1) is 11.8 Å². The maximum absolute atomic E-state index is 13.0. The summed E-state index contributed by atoms with van der Waals surface area (Å²) in [6.45, 7) is 8.83. The van der Waals surface area contributed by atoms with E-state index in [0.717, 1.165) is 11.3 Å². The summed E-state index contributed by atoms with van der Waals surface area (Å²) in [7, 11) is 0. The van der Waals surface area contributed by atoms with Gasteiger partial charge in [-0.25, -0.2) is 0 Å². The lowest BCUT2D eigenvalue weighted by Gasteiger charge is -2.27. The summed E-state index contributed by atoms with van der Waals surface area (Å²) in [5, 5.41) is 20.3. The van der Waals surface area contributed by atoms with Crippen LogP contribution in [0.4, 0.5) is 0 Å². The van der Waals surface area contributed by atoms with E-state index in [1.165, 1.54) is 17.0 Å². The average Bonchev–Trinajstić information content (AvgIpc) is 2.98. The lowest BCUT2D eigenvalue weighted by atomic mass is 9.92. The Morgan fingerprint density at radius 3 is 2.16 bits per heavy atom. The Balaban J connectivity index is 1.90. The molecule has 1 atom stereocenters. The van der Waals surface area contributed by atoms with Gasteiger partial charge in [-0.2, -0.15) is 0 Å². The van der Waals surface area contributed by atoms with Crippen molar-refractivity contribution < 1.29 is 24.5 Å². The van der Waals surface area contributed by atoms with Crippen LogP contribution in [0.15, 0.2) is 59.9 Å². The summed E-state index contributed by atoms with van der Waals surface area (Å²) in [4.78, 5) is 27.5. The second kappa shape index (κ2) is 9.90. The van der Waals surface area contributed by atoms with E-state index in [1.807, 2.05) is 38.1 Å². The summed E-state index contributed by atoms with van der Waals surface area (Å²) in [5.74, 6) is 0.0262. The summed E-state index contributed by atoms with van der Waals surface area (Å²) >= 11 is 0. The number of rotatable bonds is 9. The number of hydrogen-bond acceptors (Lipinski definition) is 5. The number of Topliss-reactive ketones (excluding diaryl/α,β-unsaturated/α-hetero) is 1. The molecule has 1 aliphatic rings. The zero-order valence-corrected chi connectivity index (χ0v) is 19.0. The Bertz CT molecular complexity index is 990. The van der Waals surface area contributed by atoms with Crippen molar-refractivity contribution in [2.45, 2.75) is 46.7 Å². The van der Waals surface area contributed by atoms with Gasteiger partial charge in [-0.3, -0.25) is 9.59 Å². The minimum Gasteiger partial charge on any atom is -0.508 e. The molecule has 6 heteroatoms. The summed E-state index contributed by atoms with van der Waals surface area (Å²) in [6, 6.07) is 13.1. The average molecular weight is 438 g/mol. The molecule has 3 rings (SSSR count). The SMILES string of the molecule is CC(C)COc1ccc(CN2C(=O)C(O)=C(C(=O)CC(C)C)C2c2ccc(O)cc2)cc1. The van der Waals surface area contributed by atoms with Crippen LogP contribution in [0.2, 0.25) is 0 Å². The monoisotopic (exact) mass is 437 g/mol. The van der Waals surface area contributed by atoms with Gasteiger partial charge in [0.15, 0.2) is 11.5 Å². The molecule has 0 saturated carbocycles. The number of carbonyl (C=O) groups excluding carboxylic acids is 2. The molecule has 0 radical (unpaired) electrons. The molecule has 1 amide bonds. The highest BCUT2D eigenvalue weighted by Crippen LogP contribution is 2.40. The first-order valence-electron chi connectivity index (χ1n) is 10.9. The molecule has 6 nitrogen and oxygen atoms in total. The number of aromatic hydroxyl groups is 1. The van der Waals surface area contributed by atoms with Crippen LogP contribution in [-0.4, -0.2) is 33.4 Å². The lowest BCUT2D eigenvalue weighted by molar-refractivity contribution is -0.130. The zero-order chi connectivity index (χ0) is 23.4. The number of aliphatic hydroxyl groups is 1. The molecule has 1 aliphatic heterocycles. The molecule has 0 spiro atoms. The number of carbonyl (C=O) groups is 2. The molecule has 32 heavy (non-hydrogen) atoms. The van der Waals surface area contributed by atoms with Gasteiger partial charge in [0, 0.05) is 13.0 Å². The van der Waals surface area contributed by atoms with Gasteiger partial charge in [0.25, 0.3) is 5.91 Å². The number of benzene rings is 2. The van der Waals surface area contributed by atoms with Crippen LogP contribution in [-0.2, 0) is 16.1 Å². The van der Waals surface area contributed by atoms with Gasteiger partial charge < -0.3 is 19.8 Å². The van der Waals surface area contributed by atoms with Gasteiger partial charge in [0.1, 0.15) is 11.5 Å². The van der Waals surface area contributed by atoms with Gasteiger partial charge in [0.2, 0.25) is 0 Å². The third-order valence-electron chi connectivity index (χ3n) is 5.27. The Morgan fingerprint density at radius 1 is 0.969 bits per heavy atom. The van der Waals surface area contributed by atoms with E-state index in [-0.39, 0.29) is 36.0 Å². The Kier molecular flexibility index (Phi) is 7.23. The molecule has 1 heterocycles. The molecule has 0 bridgehead atoms. The molecule has 0 aromatic heterocycles. The maximum atomic E-state index is 13.0. The molecule has 1 unspecified atom stereocenters. The maximum Gasteiger partial charge on any atom is 0.290 e. The van der Waals surface area contributed by atoms with Crippen molar-refractivity contribution in [1.29, 1.82) is 0 Å². The van der Waals surface area contributed by atoms with Crippen molar-refractivity contribution in [1.82, 2.24) is 4.90 Å². The van der Waals surface area contributed by atoms with Gasteiger partial charge in [-0.1, -0.05) is 52.0 Å². The fourth-order valence-electron chi connectivity index (χ4n) is 3.74. The fourth-order valence-corrected chi connectivity index (χ4v) is 3.74. The first-order chi connectivity index (χ1) is 15.2. The lowest BCUT2D eigenvalue weighted by Crippen LogP contribution is -2.30. The van der Waals surface area contributed by atoms with Gasteiger partial charge in [-0.15, -0.1) is 0 Å². The van der Waals surface area contributed by atoms with Crippen molar-refractivity contribution in [3.05, 3.63) is 71.0 Å². The second-order valence-electron chi connectivity index (χ2n) is 9.06. The molecule has 2 N–H and O–H groups in total.